The van der Waals surface area contributed by atoms with Crippen LogP contribution in [-0.4, -0.2) is 43.5 Å². The van der Waals surface area contributed by atoms with E-state index in [1.54, 1.807) is 6.07 Å². The molecule has 1 fully saturated rings. The molecule has 0 spiro atoms. The Balaban J connectivity index is 1.90. The van der Waals surface area contributed by atoms with Gasteiger partial charge in [0.15, 0.2) is 0 Å². The summed E-state index contributed by atoms with van der Waals surface area (Å²) in [6.45, 7) is 4.03. The minimum Gasteiger partial charge on any atom is -0.325 e. The van der Waals surface area contributed by atoms with Gasteiger partial charge in [-0.25, -0.2) is 4.39 Å². The number of benzene rings is 1. The highest BCUT2D eigenvalue weighted by Crippen LogP contribution is 2.16. The second-order valence-electron chi connectivity index (χ2n) is 5.37. The summed E-state index contributed by atoms with van der Waals surface area (Å²) in [4.78, 5) is 14.2. The molecule has 0 saturated carbocycles. The van der Waals surface area contributed by atoms with Gasteiger partial charge in [-0.3, -0.25) is 9.69 Å². The zero-order valence-corrected chi connectivity index (χ0v) is 12.1. The van der Waals surface area contributed by atoms with Gasteiger partial charge < -0.3 is 10.6 Å². The quantitative estimate of drug-likeness (QED) is 0.882. The van der Waals surface area contributed by atoms with Crippen LogP contribution in [0, 0.1) is 12.7 Å². The number of nitrogens with one attached hydrogen (secondary N) is 2. The van der Waals surface area contributed by atoms with Crippen molar-refractivity contribution in [1.82, 2.24) is 10.2 Å². The molecule has 0 aromatic heterocycles. The fraction of sp³-hybridized carbons (Fsp3) is 0.533. The van der Waals surface area contributed by atoms with Crippen LogP contribution in [0.4, 0.5) is 10.1 Å². The number of carbonyl (C=O) groups excluding carboxylic acids is 1. The molecule has 0 bridgehead atoms. The summed E-state index contributed by atoms with van der Waals surface area (Å²) in [5, 5.41) is 6.04. The number of anilines is 1. The van der Waals surface area contributed by atoms with Crippen LogP contribution < -0.4 is 10.6 Å². The molecule has 1 unspecified atom stereocenters. The number of piperidine rings is 1. The van der Waals surface area contributed by atoms with Gasteiger partial charge in [-0.1, -0.05) is 6.07 Å². The summed E-state index contributed by atoms with van der Waals surface area (Å²) in [6.07, 6.45) is 2.25. The van der Waals surface area contributed by atoms with E-state index in [4.69, 9.17) is 0 Å². The van der Waals surface area contributed by atoms with Gasteiger partial charge in [0.05, 0.1) is 6.54 Å². The first-order valence-corrected chi connectivity index (χ1v) is 7.04. The first kappa shape index (κ1) is 14.9. The van der Waals surface area contributed by atoms with Crippen LogP contribution in [-0.2, 0) is 4.79 Å². The van der Waals surface area contributed by atoms with E-state index in [-0.39, 0.29) is 11.7 Å². The molecule has 0 aliphatic carbocycles. The van der Waals surface area contributed by atoms with Gasteiger partial charge >= 0.3 is 0 Å². The van der Waals surface area contributed by atoms with Crippen molar-refractivity contribution in [1.29, 1.82) is 0 Å². The molecule has 1 aliphatic rings. The minimum atomic E-state index is -0.334. The summed E-state index contributed by atoms with van der Waals surface area (Å²) in [7, 11) is 1.95. The summed E-state index contributed by atoms with van der Waals surface area (Å²) in [6, 6.07) is 4.88. The molecule has 5 heteroatoms. The molecule has 1 aromatic carbocycles. The average Bonchev–Trinajstić information content (AvgIpc) is 2.43. The Morgan fingerprint density at radius 3 is 3.05 bits per heavy atom. The lowest BCUT2D eigenvalue weighted by atomic mass is 10.1. The van der Waals surface area contributed by atoms with E-state index in [1.807, 2.05) is 14.0 Å². The molecule has 0 radical (unpaired) electrons. The van der Waals surface area contributed by atoms with Crippen LogP contribution in [0.1, 0.15) is 18.4 Å². The van der Waals surface area contributed by atoms with Crippen LogP contribution in [0.25, 0.3) is 0 Å². The maximum atomic E-state index is 13.2. The number of carbonyl (C=O) groups is 1. The summed E-state index contributed by atoms with van der Waals surface area (Å²) in [5.41, 5.74) is 1.42. The number of nitrogens with zero attached hydrogens (tertiary/aromatic N) is 1. The predicted molar refractivity (Wildman–Crippen MR) is 78.3 cm³/mol. The van der Waals surface area contributed by atoms with E-state index in [0.717, 1.165) is 31.5 Å². The molecule has 1 atom stereocenters. The normalized spacial score (nSPS) is 19.9. The predicted octanol–water partition coefficient (Wildman–Crippen LogP) is 1.76. The Labute approximate surface area is 119 Å². The Hall–Kier alpha value is -1.46. The van der Waals surface area contributed by atoms with Gasteiger partial charge in [0.2, 0.25) is 5.91 Å². The van der Waals surface area contributed by atoms with Crippen molar-refractivity contribution < 1.29 is 9.18 Å². The van der Waals surface area contributed by atoms with Crippen molar-refractivity contribution >= 4 is 11.6 Å². The molecule has 4 nitrogen and oxygen atoms in total. The van der Waals surface area contributed by atoms with Gasteiger partial charge in [-0.05, 0) is 51.1 Å². The first-order chi connectivity index (χ1) is 9.58. The minimum absolute atomic E-state index is 0.0875. The van der Waals surface area contributed by atoms with Gasteiger partial charge in [0.1, 0.15) is 5.82 Å². The zero-order chi connectivity index (χ0) is 14.5. The maximum absolute atomic E-state index is 13.2. The van der Waals surface area contributed by atoms with Crippen LogP contribution in [0.3, 0.4) is 0 Å². The lowest BCUT2D eigenvalue weighted by Gasteiger charge is -2.31. The second-order valence-corrected chi connectivity index (χ2v) is 5.37. The topological polar surface area (TPSA) is 44.4 Å². The largest absolute Gasteiger partial charge is 0.325 e. The lowest BCUT2D eigenvalue weighted by Crippen LogP contribution is -2.46. The van der Waals surface area contributed by atoms with E-state index in [2.05, 4.69) is 15.5 Å². The third-order valence-corrected chi connectivity index (χ3v) is 3.75. The number of halogens is 1. The highest BCUT2D eigenvalue weighted by atomic mass is 19.1. The zero-order valence-electron chi connectivity index (χ0n) is 12.1. The molecule has 1 heterocycles. The fourth-order valence-corrected chi connectivity index (χ4v) is 2.56. The van der Waals surface area contributed by atoms with Crippen LogP contribution in [0.15, 0.2) is 18.2 Å². The highest BCUT2D eigenvalue weighted by Gasteiger charge is 2.20. The number of rotatable bonds is 4. The van der Waals surface area contributed by atoms with E-state index in [0.29, 0.717) is 18.3 Å². The van der Waals surface area contributed by atoms with Crippen molar-refractivity contribution in [3.8, 4) is 0 Å². The monoisotopic (exact) mass is 279 g/mol. The number of hydrogen-bond acceptors (Lipinski definition) is 3. The van der Waals surface area contributed by atoms with Crippen LogP contribution in [0.5, 0.6) is 0 Å². The third-order valence-electron chi connectivity index (χ3n) is 3.75. The molecular weight excluding hydrogens is 257 g/mol. The number of likely N-dealkylation sites (N-methyl/N-ethyl adjacent to an activating group) is 1. The van der Waals surface area contributed by atoms with Crippen molar-refractivity contribution in [2.45, 2.75) is 25.8 Å². The molecule has 1 aromatic rings. The van der Waals surface area contributed by atoms with E-state index >= 15 is 0 Å². The van der Waals surface area contributed by atoms with Crippen molar-refractivity contribution in [3.63, 3.8) is 0 Å². The summed E-state index contributed by atoms with van der Waals surface area (Å²) < 4.78 is 13.2. The van der Waals surface area contributed by atoms with Gasteiger partial charge in [-0.2, -0.15) is 0 Å². The number of likely N-dealkylation sites (tertiary alicyclic amines) is 1. The van der Waals surface area contributed by atoms with Crippen LogP contribution >= 0.6 is 0 Å². The molecule has 110 valence electrons. The summed E-state index contributed by atoms with van der Waals surface area (Å²) in [5.74, 6) is -0.422. The number of aryl methyl sites for hydroxylation is 1. The Bertz CT molecular complexity index is 478. The Morgan fingerprint density at radius 2 is 2.30 bits per heavy atom. The van der Waals surface area contributed by atoms with Gasteiger partial charge in [-0.15, -0.1) is 0 Å². The Kier molecular flexibility index (Phi) is 5.09. The first-order valence-electron chi connectivity index (χ1n) is 7.04. The molecule has 2 rings (SSSR count). The van der Waals surface area contributed by atoms with Gasteiger partial charge in [0, 0.05) is 18.3 Å². The van der Waals surface area contributed by atoms with Crippen molar-refractivity contribution in [2.75, 3.05) is 32.0 Å². The lowest BCUT2D eigenvalue weighted by molar-refractivity contribution is -0.117. The highest BCUT2D eigenvalue weighted by molar-refractivity contribution is 5.92. The van der Waals surface area contributed by atoms with E-state index in [1.165, 1.54) is 12.1 Å². The van der Waals surface area contributed by atoms with E-state index < -0.39 is 0 Å². The van der Waals surface area contributed by atoms with Gasteiger partial charge in [0.25, 0.3) is 0 Å². The average molecular weight is 279 g/mol. The molecule has 2 N–H and O–H groups in total. The van der Waals surface area contributed by atoms with Crippen molar-refractivity contribution in [3.05, 3.63) is 29.6 Å². The molecule has 1 saturated heterocycles. The molecular formula is C15H22FN3O. The SMILES string of the molecule is CNC1CCCN(CC(=O)Nc2cc(F)ccc2C)C1. The van der Waals surface area contributed by atoms with E-state index in [9.17, 15) is 9.18 Å². The smallest absolute Gasteiger partial charge is 0.238 e. The fourth-order valence-electron chi connectivity index (χ4n) is 2.56. The van der Waals surface area contributed by atoms with Crippen molar-refractivity contribution in [2.24, 2.45) is 0 Å². The van der Waals surface area contributed by atoms with Crippen LogP contribution in [0.2, 0.25) is 0 Å². The summed E-state index contributed by atoms with van der Waals surface area (Å²) >= 11 is 0. The maximum Gasteiger partial charge on any atom is 0.238 e. The Morgan fingerprint density at radius 1 is 1.50 bits per heavy atom. The number of amides is 1. The second kappa shape index (κ2) is 6.81. The third kappa shape index (κ3) is 4.02. The molecule has 1 amide bonds. The molecule has 20 heavy (non-hydrogen) atoms. The number of hydrogen-bond donors (Lipinski definition) is 2. The molecule has 1 aliphatic heterocycles. The standard InChI is InChI=1S/C15H22FN3O/c1-11-5-6-12(16)8-14(11)18-15(20)10-19-7-3-4-13(9-19)17-2/h5-6,8,13,17H,3-4,7,9-10H2,1-2H3,(H,18,20).